The number of para-hydroxylation sites is 1. The normalized spacial score (nSPS) is 22.4. The van der Waals surface area contributed by atoms with Crippen molar-refractivity contribution >= 4 is 16.8 Å². The number of fused-ring (bicyclic) bond motifs is 1. The van der Waals surface area contributed by atoms with Gasteiger partial charge in [0.1, 0.15) is 0 Å². The van der Waals surface area contributed by atoms with Crippen LogP contribution in [0.4, 0.5) is 0 Å². The predicted molar refractivity (Wildman–Crippen MR) is 83.4 cm³/mol. The fourth-order valence-corrected chi connectivity index (χ4v) is 3.42. The van der Waals surface area contributed by atoms with Crippen LogP contribution in [0, 0.1) is 6.92 Å². The number of carbonyl (C=O) groups excluding carboxylic acids is 1. The van der Waals surface area contributed by atoms with Crippen LogP contribution in [0.3, 0.4) is 0 Å². The van der Waals surface area contributed by atoms with Crippen molar-refractivity contribution in [1.82, 2.24) is 9.88 Å². The first-order valence-corrected chi connectivity index (χ1v) is 7.62. The van der Waals surface area contributed by atoms with Crippen molar-refractivity contribution in [1.29, 1.82) is 0 Å². The zero-order chi connectivity index (χ0) is 15.0. The second-order valence-electron chi connectivity index (χ2n) is 6.01. The Morgan fingerprint density at radius 1 is 1.29 bits per heavy atom. The summed E-state index contributed by atoms with van der Waals surface area (Å²) in [6.07, 6.45) is 3.39. The van der Waals surface area contributed by atoms with Crippen molar-refractivity contribution in [2.24, 2.45) is 0 Å². The summed E-state index contributed by atoms with van der Waals surface area (Å²) >= 11 is 0. The number of rotatable bonds is 2. The van der Waals surface area contributed by atoms with Crippen LogP contribution >= 0.6 is 0 Å². The van der Waals surface area contributed by atoms with E-state index in [9.17, 15) is 9.90 Å². The van der Waals surface area contributed by atoms with E-state index >= 15 is 0 Å². The minimum absolute atomic E-state index is 0.00380. The molecule has 0 bridgehead atoms. The molecule has 112 valence electrons. The van der Waals surface area contributed by atoms with Crippen molar-refractivity contribution in [2.75, 3.05) is 7.05 Å². The summed E-state index contributed by atoms with van der Waals surface area (Å²) in [5.74, 6) is -0.00380. The number of aryl methyl sites for hydroxylation is 1. The zero-order valence-corrected chi connectivity index (χ0v) is 12.6. The van der Waals surface area contributed by atoms with Gasteiger partial charge in [0.15, 0.2) is 0 Å². The van der Waals surface area contributed by atoms with E-state index in [1.165, 1.54) is 0 Å². The standard InChI is InChI=1S/C17H22N2O2/c1-11-16(12-7-3-4-8-13(12)18-11)17(21)19(2)14-9-5-6-10-15(14)20/h3-4,7-8,14-15,18,20H,5-6,9-10H2,1-2H3. The lowest BCUT2D eigenvalue weighted by Gasteiger charge is -2.35. The molecule has 1 aromatic carbocycles. The van der Waals surface area contributed by atoms with Gasteiger partial charge >= 0.3 is 0 Å². The predicted octanol–water partition coefficient (Wildman–Crippen LogP) is 2.85. The number of amides is 1. The van der Waals surface area contributed by atoms with E-state index in [1.54, 1.807) is 4.90 Å². The third-order valence-corrected chi connectivity index (χ3v) is 4.62. The molecule has 4 nitrogen and oxygen atoms in total. The van der Waals surface area contributed by atoms with Crippen molar-refractivity contribution in [2.45, 2.75) is 44.8 Å². The van der Waals surface area contributed by atoms with Gasteiger partial charge in [0.05, 0.1) is 17.7 Å². The number of hydrogen-bond acceptors (Lipinski definition) is 2. The molecule has 1 aliphatic carbocycles. The molecule has 1 aromatic heterocycles. The van der Waals surface area contributed by atoms with E-state index in [-0.39, 0.29) is 11.9 Å². The summed E-state index contributed by atoms with van der Waals surface area (Å²) in [6.45, 7) is 1.93. The molecule has 1 aliphatic rings. The highest BCUT2D eigenvalue weighted by Gasteiger charge is 2.31. The molecule has 2 atom stereocenters. The van der Waals surface area contributed by atoms with Gasteiger partial charge < -0.3 is 15.0 Å². The van der Waals surface area contributed by atoms with Gasteiger partial charge in [-0.2, -0.15) is 0 Å². The minimum Gasteiger partial charge on any atom is -0.391 e. The first kappa shape index (κ1) is 14.1. The van der Waals surface area contributed by atoms with Gasteiger partial charge in [-0.05, 0) is 25.8 Å². The number of H-pyrrole nitrogens is 1. The number of carbonyl (C=O) groups is 1. The highest BCUT2D eigenvalue weighted by molar-refractivity contribution is 6.08. The van der Waals surface area contributed by atoms with Crippen LogP contribution in [-0.4, -0.2) is 40.1 Å². The Morgan fingerprint density at radius 2 is 2.00 bits per heavy atom. The summed E-state index contributed by atoms with van der Waals surface area (Å²) in [5.41, 5.74) is 2.60. The molecule has 1 saturated carbocycles. The molecule has 1 amide bonds. The molecule has 0 aliphatic heterocycles. The molecule has 2 aromatic rings. The summed E-state index contributed by atoms with van der Waals surface area (Å²) < 4.78 is 0. The van der Waals surface area contributed by atoms with Gasteiger partial charge in [-0.25, -0.2) is 0 Å². The topological polar surface area (TPSA) is 56.3 Å². The van der Waals surface area contributed by atoms with Gasteiger partial charge in [-0.3, -0.25) is 4.79 Å². The molecule has 2 N–H and O–H groups in total. The largest absolute Gasteiger partial charge is 0.391 e. The Balaban J connectivity index is 1.94. The number of aliphatic hydroxyl groups is 1. The van der Waals surface area contributed by atoms with Gasteiger partial charge in [0.25, 0.3) is 5.91 Å². The third kappa shape index (κ3) is 2.44. The van der Waals surface area contributed by atoms with E-state index in [1.807, 2.05) is 38.2 Å². The molecule has 1 fully saturated rings. The van der Waals surface area contributed by atoms with Crippen molar-refractivity contribution in [3.8, 4) is 0 Å². The second kappa shape index (κ2) is 5.53. The van der Waals surface area contributed by atoms with Gasteiger partial charge in [-0.1, -0.05) is 31.0 Å². The molecular weight excluding hydrogens is 264 g/mol. The number of aromatic amines is 1. The van der Waals surface area contributed by atoms with E-state index in [0.717, 1.165) is 47.8 Å². The highest BCUT2D eigenvalue weighted by Crippen LogP contribution is 2.27. The lowest BCUT2D eigenvalue weighted by molar-refractivity contribution is 0.0268. The summed E-state index contributed by atoms with van der Waals surface area (Å²) in [7, 11) is 1.81. The lowest BCUT2D eigenvalue weighted by Crippen LogP contribution is -2.46. The van der Waals surface area contributed by atoms with Crippen LogP contribution in [0.15, 0.2) is 24.3 Å². The first-order valence-electron chi connectivity index (χ1n) is 7.62. The quantitative estimate of drug-likeness (QED) is 0.892. The third-order valence-electron chi connectivity index (χ3n) is 4.62. The molecule has 1 heterocycles. The molecule has 2 unspecified atom stereocenters. The second-order valence-corrected chi connectivity index (χ2v) is 6.01. The summed E-state index contributed by atoms with van der Waals surface area (Å²) in [6, 6.07) is 7.79. The summed E-state index contributed by atoms with van der Waals surface area (Å²) in [4.78, 5) is 17.9. The van der Waals surface area contributed by atoms with Crippen molar-refractivity contribution < 1.29 is 9.90 Å². The summed E-state index contributed by atoms with van der Waals surface area (Å²) in [5, 5.41) is 11.1. The Kier molecular flexibility index (Phi) is 3.72. The first-order chi connectivity index (χ1) is 10.1. The smallest absolute Gasteiger partial charge is 0.256 e. The molecule has 3 rings (SSSR count). The van der Waals surface area contributed by atoms with Gasteiger partial charge in [-0.15, -0.1) is 0 Å². The Bertz CT molecular complexity index is 662. The van der Waals surface area contributed by atoms with Crippen molar-refractivity contribution in [3.05, 3.63) is 35.5 Å². The molecule has 0 saturated heterocycles. The Hall–Kier alpha value is -1.81. The van der Waals surface area contributed by atoms with Crippen LogP contribution in [0.1, 0.15) is 41.7 Å². The Morgan fingerprint density at radius 3 is 2.76 bits per heavy atom. The molecular formula is C17H22N2O2. The van der Waals surface area contributed by atoms with E-state index in [0.29, 0.717) is 0 Å². The molecule has 0 spiro atoms. The number of aromatic nitrogens is 1. The number of aliphatic hydroxyl groups excluding tert-OH is 1. The fourth-order valence-electron chi connectivity index (χ4n) is 3.42. The van der Waals surface area contributed by atoms with Crippen molar-refractivity contribution in [3.63, 3.8) is 0 Å². The van der Waals surface area contributed by atoms with E-state index in [2.05, 4.69) is 4.98 Å². The molecule has 4 heteroatoms. The number of nitrogens with one attached hydrogen (secondary N) is 1. The maximum Gasteiger partial charge on any atom is 0.256 e. The van der Waals surface area contributed by atoms with Crippen LogP contribution < -0.4 is 0 Å². The van der Waals surface area contributed by atoms with Gasteiger partial charge in [0.2, 0.25) is 0 Å². The zero-order valence-electron chi connectivity index (χ0n) is 12.6. The monoisotopic (exact) mass is 286 g/mol. The van der Waals surface area contributed by atoms with Crippen LogP contribution in [-0.2, 0) is 0 Å². The maximum atomic E-state index is 12.9. The molecule has 21 heavy (non-hydrogen) atoms. The van der Waals surface area contributed by atoms with Crippen LogP contribution in [0.2, 0.25) is 0 Å². The maximum absolute atomic E-state index is 12.9. The molecule has 0 radical (unpaired) electrons. The van der Waals surface area contributed by atoms with Crippen LogP contribution in [0.5, 0.6) is 0 Å². The number of nitrogens with zero attached hydrogens (tertiary/aromatic N) is 1. The van der Waals surface area contributed by atoms with E-state index < -0.39 is 6.10 Å². The lowest BCUT2D eigenvalue weighted by atomic mass is 9.91. The minimum atomic E-state index is -0.404. The number of benzene rings is 1. The average Bonchev–Trinajstić information content (AvgIpc) is 2.82. The SMILES string of the molecule is Cc1[nH]c2ccccc2c1C(=O)N(C)C1CCCCC1O. The average molecular weight is 286 g/mol. The van der Waals surface area contributed by atoms with Crippen LogP contribution in [0.25, 0.3) is 10.9 Å². The number of hydrogen-bond donors (Lipinski definition) is 2. The highest BCUT2D eigenvalue weighted by atomic mass is 16.3. The fraction of sp³-hybridized carbons (Fsp3) is 0.471. The number of likely N-dealkylation sites (N-methyl/N-ethyl adjacent to an activating group) is 1. The Labute approximate surface area is 124 Å². The van der Waals surface area contributed by atoms with Gasteiger partial charge in [0, 0.05) is 23.6 Å². The van der Waals surface area contributed by atoms with E-state index in [4.69, 9.17) is 0 Å².